The maximum Gasteiger partial charge on any atom is 0.250 e. The quantitative estimate of drug-likeness (QED) is 0.439. The average molecular weight is 386 g/mol. The third kappa shape index (κ3) is 2.46. The number of rotatable bonds is 6. The molecule has 9 heteroatoms. The summed E-state index contributed by atoms with van der Waals surface area (Å²) in [5.74, 6) is -3.51. The van der Waals surface area contributed by atoms with Gasteiger partial charge < -0.3 is 15.8 Å². The minimum absolute atomic E-state index is 0.136. The van der Waals surface area contributed by atoms with Crippen LogP contribution < -0.4 is 16.4 Å². The number of carbonyl (C=O) groups is 4. The number of para-hydroxylation sites is 1. The summed E-state index contributed by atoms with van der Waals surface area (Å²) < 4.78 is 5.01. The number of primary amides is 1. The normalized spacial score (nSPS) is 30.7. The molecule has 3 heterocycles. The highest BCUT2D eigenvalue weighted by Crippen LogP contribution is 2.53. The van der Waals surface area contributed by atoms with Crippen LogP contribution in [0.25, 0.3) is 0 Å². The first-order chi connectivity index (χ1) is 13.4. The molecule has 0 unspecified atom stereocenters. The number of carbonyl (C=O) groups excluding carboxylic acids is 4. The highest BCUT2D eigenvalue weighted by Gasteiger charge is 2.70. The molecule has 0 saturated carbocycles. The summed E-state index contributed by atoms with van der Waals surface area (Å²) in [6, 6.07) is 6.37. The van der Waals surface area contributed by atoms with E-state index in [1.165, 1.54) is 4.90 Å². The largest absolute Gasteiger partial charge is 0.385 e. The molecular formula is C19H22N4O5. The Balaban J connectivity index is 1.78. The first-order valence-electron chi connectivity index (χ1n) is 9.23. The fourth-order valence-corrected chi connectivity index (χ4v) is 4.80. The zero-order valence-corrected chi connectivity index (χ0v) is 15.4. The fraction of sp³-hybridized carbons (Fsp3) is 0.474. The molecule has 9 nitrogen and oxygen atoms in total. The molecule has 2 fully saturated rings. The Morgan fingerprint density at radius 1 is 1.25 bits per heavy atom. The number of nitrogens with one attached hydrogen (secondary N) is 2. The number of hydrogen-bond donors (Lipinski definition) is 3. The number of nitrogens with two attached hydrogens (primary N) is 1. The number of fused-ring (bicyclic) bond motifs is 4. The molecule has 1 spiro atoms. The Morgan fingerprint density at radius 2 is 2.00 bits per heavy atom. The highest BCUT2D eigenvalue weighted by molar-refractivity contribution is 6.15. The molecule has 3 aliphatic heterocycles. The van der Waals surface area contributed by atoms with Crippen molar-refractivity contribution in [3.8, 4) is 0 Å². The van der Waals surface area contributed by atoms with E-state index < -0.39 is 41.1 Å². The van der Waals surface area contributed by atoms with Crippen LogP contribution >= 0.6 is 0 Å². The van der Waals surface area contributed by atoms with E-state index in [-0.39, 0.29) is 18.9 Å². The van der Waals surface area contributed by atoms with Gasteiger partial charge in [0.05, 0.1) is 11.8 Å². The third-order valence-electron chi connectivity index (χ3n) is 5.86. The lowest BCUT2D eigenvalue weighted by Gasteiger charge is -2.29. The second kappa shape index (κ2) is 6.68. The van der Waals surface area contributed by atoms with Crippen LogP contribution in [0, 0.1) is 11.8 Å². The molecule has 4 amide bonds. The Bertz CT molecular complexity index is 872. The minimum Gasteiger partial charge on any atom is -0.385 e. The molecule has 0 radical (unpaired) electrons. The number of likely N-dealkylation sites (tertiary alicyclic amines) is 1. The van der Waals surface area contributed by atoms with E-state index >= 15 is 0 Å². The van der Waals surface area contributed by atoms with Gasteiger partial charge in [0.1, 0.15) is 5.54 Å². The number of amides is 4. The van der Waals surface area contributed by atoms with Gasteiger partial charge in [0.15, 0.2) is 0 Å². The molecule has 28 heavy (non-hydrogen) atoms. The van der Waals surface area contributed by atoms with Crippen molar-refractivity contribution in [2.45, 2.75) is 24.4 Å². The molecule has 0 aliphatic carbocycles. The lowest BCUT2D eigenvalue weighted by atomic mass is 9.76. The Labute approximate surface area is 161 Å². The van der Waals surface area contributed by atoms with Gasteiger partial charge in [-0.25, -0.2) is 0 Å². The van der Waals surface area contributed by atoms with Gasteiger partial charge in [-0.05, 0) is 12.5 Å². The number of imide groups is 1. The van der Waals surface area contributed by atoms with E-state index in [4.69, 9.17) is 10.5 Å². The van der Waals surface area contributed by atoms with Crippen molar-refractivity contribution in [1.82, 2.24) is 10.2 Å². The number of hydrogen-bond acceptors (Lipinski definition) is 6. The number of benzene rings is 1. The monoisotopic (exact) mass is 386 g/mol. The van der Waals surface area contributed by atoms with Crippen molar-refractivity contribution in [2.75, 3.05) is 25.6 Å². The zero-order chi connectivity index (χ0) is 20.1. The number of methoxy groups -OCH3 is 1. The van der Waals surface area contributed by atoms with Crippen molar-refractivity contribution in [2.24, 2.45) is 17.6 Å². The predicted molar refractivity (Wildman–Crippen MR) is 97.7 cm³/mol. The van der Waals surface area contributed by atoms with Crippen LogP contribution in [0.15, 0.2) is 24.3 Å². The van der Waals surface area contributed by atoms with Crippen LogP contribution in [0.3, 0.4) is 0 Å². The average Bonchev–Trinajstić information content (AvgIpc) is 3.22. The van der Waals surface area contributed by atoms with E-state index in [1.807, 2.05) is 0 Å². The Hall–Kier alpha value is -2.78. The summed E-state index contributed by atoms with van der Waals surface area (Å²) in [6.07, 6.45) is 0.362. The molecule has 3 aliphatic rings. The van der Waals surface area contributed by atoms with E-state index in [9.17, 15) is 19.2 Å². The standard InChI is InChI=1S/C19H22N4O5/c1-28-8-4-7-23-16(25)14-12(9-13(20)24)22-19(15(14)17(23)26)10-5-2-3-6-11(10)21-18(19)27/h2-3,5-6,12,14-15,22H,4,7-9H2,1H3,(H2,20,24)(H,21,27)/t12-,14-,15+,19-/m1/s1. The van der Waals surface area contributed by atoms with Gasteiger partial charge in [-0.15, -0.1) is 0 Å². The van der Waals surface area contributed by atoms with Gasteiger partial charge in [0.2, 0.25) is 23.6 Å². The molecular weight excluding hydrogens is 364 g/mol. The lowest BCUT2D eigenvalue weighted by molar-refractivity contribution is -0.143. The van der Waals surface area contributed by atoms with Crippen LogP contribution in [-0.2, 0) is 29.5 Å². The van der Waals surface area contributed by atoms with Gasteiger partial charge in [0.25, 0.3) is 0 Å². The second-order valence-electron chi connectivity index (χ2n) is 7.41. The van der Waals surface area contributed by atoms with Crippen molar-refractivity contribution >= 4 is 29.3 Å². The lowest BCUT2D eigenvalue weighted by Crippen LogP contribution is -2.53. The number of nitrogens with zero attached hydrogens (tertiary/aromatic N) is 1. The molecule has 0 aromatic heterocycles. The van der Waals surface area contributed by atoms with Crippen LogP contribution in [0.4, 0.5) is 5.69 Å². The van der Waals surface area contributed by atoms with Gasteiger partial charge in [0, 0.05) is 44.0 Å². The number of anilines is 1. The van der Waals surface area contributed by atoms with E-state index in [0.29, 0.717) is 24.3 Å². The van der Waals surface area contributed by atoms with Gasteiger partial charge in [-0.1, -0.05) is 18.2 Å². The summed E-state index contributed by atoms with van der Waals surface area (Å²) in [5, 5.41) is 5.95. The van der Waals surface area contributed by atoms with Crippen molar-refractivity contribution in [3.63, 3.8) is 0 Å². The minimum atomic E-state index is -1.38. The van der Waals surface area contributed by atoms with Crippen molar-refractivity contribution in [3.05, 3.63) is 29.8 Å². The topological polar surface area (TPSA) is 131 Å². The van der Waals surface area contributed by atoms with E-state index in [2.05, 4.69) is 10.6 Å². The summed E-state index contributed by atoms with van der Waals surface area (Å²) >= 11 is 0. The van der Waals surface area contributed by atoms with Crippen LogP contribution in [0.2, 0.25) is 0 Å². The fourth-order valence-electron chi connectivity index (χ4n) is 4.80. The SMILES string of the molecule is COCCCN1C(=O)[C@H]2[C@@H](C1=O)[C@@]1(N[C@@H]2CC(N)=O)C(=O)Nc2ccccc21. The molecule has 4 N–H and O–H groups in total. The van der Waals surface area contributed by atoms with E-state index in [0.717, 1.165) is 0 Å². The second-order valence-corrected chi connectivity index (χ2v) is 7.41. The van der Waals surface area contributed by atoms with Gasteiger partial charge >= 0.3 is 0 Å². The van der Waals surface area contributed by atoms with Gasteiger partial charge in [-0.3, -0.25) is 29.4 Å². The smallest absolute Gasteiger partial charge is 0.250 e. The third-order valence-corrected chi connectivity index (χ3v) is 5.86. The zero-order valence-electron chi connectivity index (χ0n) is 15.4. The summed E-state index contributed by atoms with van der Waals surface area (Å²) in [6.45, 7) is 0.616. The molecule has 1 aromatic carbocycles. The molecule has 4 rings (SSSR count). The number of ether oxygens (including phenoxy) is 1. The van der Waals surface area contributed by atoms with Crippen molar-refractivity contribution < 1.29 is 23.9 Å². The Morgan fingerprint density at radius 3 is 2.71 bits per heavy atom. The van der Waals surface area contributed by atoms with Gasteiger partial charge in [-0.2, -0.15) is 0 Å². The molecule has 148 valence electrons. The van der Waals surface area contributed by atoms with Crippen molar-refractivity contribution in [1.29, 1.82) is 0 Å². The summed E-state index contributed by atoms with van der Waals surface area (Å²) in [5.41, 5.74) is 5.20. The molecule has 1 aromatic rings. The Kier molecular flexibility index (Phi) is 4.43. The van der Waals surface area contributed by atoms with Crippen LogP contribution in [-0.4, -0.2) is 54.8 Å². The maximum atomic E-state index is 13.3. The molecule has 4 atom stereocenters. The maximum absolute atomic E-state index is 13.3. The predicted octanol–water partition coefficient (Wildman–Crippen LogP) is -0.681. The highest BCUT2D eigenvalue weighted by atomic mass is 16.5. The first-order valence-corrected chi connectivity index (χ1v) is 9.23. The van der Waals surface area contributed by atoms with Crippen LogP contribution in [0.1, 0.15) is 18.4 Å². The molecule has 2 saturated heterocycles. The summed E-state index contributed by atoms with van der Waals surface area (Å²) in [7, 11) is 1.55. The van der Waals surface area contributed by atoms with Crippen LogP contribution in [0.5, 0.6) is 0 Å². The first kappa shape index (κ1) is 18.6. The molecule has 0 bridgehead atoms. The summed E-state index contributed by atoms with van der Waals surface area (Å²) in [4.78, 5) is 52.2. The van der Waals surface area contributed by atoms with E-state index in [1.54, 1.807) is 31.4 Å².